The van der Waals surface area contributed by atoms with Crippen molar-refractivity contribution in [1.82, 2.24) is 10.6 Å². The Labute approximate surface area is 136 Å². The van der Waals surface area contributed by atoms with Crippen molar-refractivity contribution < 1.29 is 19.0 Å². The molecule has 0 radical (unpaired) electrons. The number of methoxy groups -OCH3 is 1. The average molecular weight is 331 g/mol. The Morgan fingerprint density at radius 3 is 3.00 bits per heavy atom. The minimum Gasteiger partial charge on any atom is -0.497 e. The number of benzene rings is 1. The molecule has 1 unspecified atom stereocenters. The Morgan fingerprint density at radius 2 is 2.27 bits per heavy atom. The maximum Gasteiger partial charge on any atom is 0.250 e. The number of ether oxygens (including phenoxy) is 3. The van der Waals surface area contributed by atoms with Gasteiger partial charge >= 0.3 is 0 Å². The van der Waals surface area contributed by atoms with E-state index in [1.807, 2.05) is 24.3 Å². The van der Waals surface area contributed by atoms with E-state index in [0.29, 0.717) is 26.3 Å². The summed E-state index contributed by atoms with van der Waals surface area (Å²) >= 11 is 0. The standard InChI is InChI=1S/C15H22N2O4.ClH/c1-19-12-4-2-5-13(10-12)20-8-3-6-17-15(18)14-11-16-7-9-21-14;/h2,4-5,10,14,16H,3,6-9,11H2,1H3,(H,17,18);1H. The molecule has 0 aromatic heterocycles. The van der Waals surface area contributed by atoms with Crippen molar-refractivity contribution in [3.8, 4) is 11.5 Å². The predicted octanol–water partition coefficient (Wildman–Crippen LogP) is 0.990. The summed E-state index contributed by atoms with van der Waals surface area (Å²) in [6.45, 7) is 3.07. The minimum absolute atomic E-state index is 0. The zero-order valence-electron chi connectivity index (χ0n) is 12.7. The Balaban J connectivity index is 0.00000242. The molecule has 1 aliphatic rings. The van der Waals surface area contributed by atoms with E-state index in [-0.39, 0.29) is 24.4 Å². The van der Waals surface area contributed by atoms with Crippen LogP contribution < -0.4 is 20.1 Å². The van der Waals surface area contributed by atoms with Crippen LogP contribution in [0.2, 0.25) is 0 Å². The van der Waals surface area contributed by atoms with Crippen LogP contribution in [-0.2, 0) is 9.53 Å². The third-order valence-corrected chi connectivity index (χ3v) is 3.15. The van der Waals surface area contributed by atoms with E-state index in [9.17, 15) is 4.79 Å². The van der Waals surface area contributed by atoms with Gasteiger partial charge in [-0.1, -0.05) is 6.07 Å². The first-order chi connectivity index (χ1) is 10.3. The summed E-state index contributed by atoms with van der Waals surface area (Å²) in [5.74, 6) is 1.46. The van der Waals surface area contributed by atoms with Gasteiger partial charge in [-0.05, 0) is 18.6 Å². The van der Waals surface area contributed by atoms with Crippen molar-refractivity contribution in [2.75, 3.05) is 40.0 Å². The van der Waals surface area contributed by atoms with Gasteiger partial charge in [0.25, 0.3) is 0 Å². The van der Waals surface area contributed by atoms with Crippen molar-refractivity contribution in [2.24, 2.45) is 0 Å². The molecule has 1 amide bonds. The van der Waals surface area contributed by atoms with Gasteiger partial charge in [0.2, 0.25) is 5.91 Å². The van der Waals surface area contributed by atoms with Crippen molar-refractivity contribution in [3.05, 3.63) is 24.3 Å². The predicted molar refractivity (Wildman–Crippen MR) is 86.0 cm³/mol. The lowest BCUT2D eigenvalue weighted by Gasteiger charge is -2.22. The Hall–Kier alpha value is -1.50. The fourth-order valence-electron chi connectivity index (χ4n) is 2.01. The first kappa shape index (κ1) is 18.5. The Bertz CT molecular complexity index is 453. The number of carbonyl (C=O) groups excluding carboxylic acids is 1. The van der Waals surface area contributed by atoms with Gasteiger partial charge in [0.05, 0.1) is 20.3 Å². The largest absolute Gasteiger partial charge is 0.497 e. The van der Waals surface area contributed by atoms with E-state index in [0.717, 1.165) is 24.5 Å². The SMILES string of the molecule is COc1cccc(OCCCNC(=O)C2CNCCO2)c1.Cl. The van der Waals surface area contributed by atoms with Gasteiger partial charge in [-0.3, -0.25) is 4.79 Å². The van der Waals surface area contributed by atoms with Gasteiger partial charge in [-0.2, -0.15) is 0 Å². The molecule has 2 N–H and O–H groups in total. The number of halogens is 1. The Morgan fingerprint density at radius 1 is 1.45 bits per heavy atom. The summed E-state index contributed by atoms with van der Waals surface area (Å²) in [6.07, 6.45) is 0.362. The molecular weight excluding hydrogens is 308 g/mol. The number of morpholine rings is 1. The topological polar surface area (TPSA) is 68.8 Å². The molecule has 0 spiro atoms. The van der Waals surface area contributed by atoms with Crippen molar-refractivity contribution in [3.63, 3.8) is 0 Å². The van der Waals surface area contributed by atoms with Gasteiger partial charge in [-0.15, -0.1) is 12.4 Å². The molecule has 0 bridgehead atoms. The monoisotopic (exact) mass is 330 g/mol. The van der Waals surface area contributed by atoms with Gasteiger partial charge < -0.3 is 24.8 Å². The van der Waals surface area contributed by atoms with Crippen LogP contribution >= 0.6 is 12.4 Å². The fraction of sp³-hybridized carbons (Fsp3) is 0.533. The van der Waals surface area contributed by atoms with Gasteiger partial charge in [0, 0.05) is 25.7 Å². The fourth-order valence-corrected chi connectivity index (χ4v) is 2.01. The van der Waals surface area contributed by atoms with E-state index in [1.54, 1.807) is 7.11 Å². The summed E-state index contributed by atoms with van der Waals surface area (Å²) in [5.41, 5.74) is 0. The molecule has 1 atom stereocenters. The summed E-state index contributed by atoms with van der Waals surface area (Å²) in [6, 6.07) is 7.46. The maximum atomic E-state index is 11.8. The van der Waals surface area contributed by atoms with Gasteiger partial charge in [0.1, 0.15) is 17.6 Å². The molecule has 1 aromatic rings. The molecule has 1 aliphatic heterocycles. The molecule has 0 aliphatic carbocycles. The molecule has 1 saturated heterocycles. The number of nitrogens with one attached hydrogen (secondary N) is 2. The van der Waals surface area contributed by atoms with Gasteiger partial charge in [-0.25, -0.2) is 0 Å². The second-order valence-corrected chi connectivity index (χ2v) is 4.74. The van der Waals surface area contributed by atoms with E-state index in [1.165, 1.54) is 0 Å². The number of rotatable bonds is 7. The van der Waals surface area contributed by atoms with Crippen LogP contribution in [0.3, 0.4) is 0 Å². The summed E-state index contributed by atoms with van der Waals surface area (Å²) in [7, 11) is 1.62. The van der Waals surface area contributed by atoms with Crippen LogP contribution in [-0.4, -0.2) is 52.0 Å². The first-order valence-electron chi connectivity index (χ1n) is 7.16. The molecule has 6 nitrogen and oxygen atoms in total. The molecule has 0 saturated carbocycles. The summed E-state index contributed by atoms with van der Waals surface area (Å²) < 4.78 is 16.1. The highest BCUT2D eigenvalue weighted by Crippen LogP contribution is 2.18. The lowest BCUT2D eigenvalue weighted by atomic mass is 10.3. The zero-order valence-corrected chi connectivity index (χ0v) is 13.5. The molecule has 1 aromatic carbocycles. The van der Waals surface area contributed by atoms with Gasteiger partial charge in [0.15, 0.2) is 0 Å². The smallest absolute Gasteiger partial charge is 0.250 e. The Kier molecular flexibility index (Phi) is 8.65. The van der Waals surface area contributed by atoms with E-state index in [4.69, 9.17) is 14.2 Å². The normalized spacial score (nSPS) is 17.2. The van der Waals surface area contributed by atoms with Crippen molar-refractivity contribution in [1.29, 1.82) is 0 Å². The van der Waals surface area contributed by atoms with E-state index < -0.39 is 0 Å². The number of amides is 1. The number of carbonyl (C=O) groups is 1. The van der Waals surface area contributed by atoms with Crippen LogP contribution in [0.25, 0.3) is 0 Å². The zero-order chi connectivity index (χ0) is 14.9. The number of hydrogen-bond donors (Lipinski definition) is 2. The van der Waals surface area contributed by atoms with Crippen LogP contribution in [0, 0.1) is 0 Å². The van der Waals surface area contributed by atoms with Crippen LogP contribution in [0.4, 0.5) is 0 Å². The lowest BCUT2D eigenvalue weighted by molar-refractivity contribution is -0.134. The van der Waals surface area contributed by atoms with Crippen LogP contribution in [0.5, 0.6) is 11.5 Å². The highest BCUT2D eigenvalue weighted by molar-refractivity contribution is 5.85. The third kappa shape index (κ3) is 6.09. The average Bonchev–Trinajstić information content (AvgIpc) is 2.55. The highest BCUT2D eigenvalue weighted by atomic mass is 35.5. The van der Waals surface area contributed by atoms with Crippen molar-refractivity contribution >= 4 is 18.3 Å². The maximum absolute atomic E-state index is 11.8. The second-order valence-electron chi connectivity index (χ2n) is 4.74. The molecule has 1 fully saturated rings. The van der Waals surface area contributed by atoms with E-state index in [2.05, 4.69) is 10.6 Å². The third-order valence-electron chi connectivity index (χ3n) is 3.15. The molecular formula is C15H23ClN2O4. The lowest BCUT2D eigenvalue weighted by Crippen LogP contribution is -2.48. The summed E-state index contributed by atoms with van der Waals surface area (Å²) in [5, 5.41) is 5.98. The molecule has 22 heavy (non-hydrogen) atoms. The van der Waals surface area contributed by atoms with Crippen molar-refractivity contribution in [2.45, 2.75) is 12.5 Å². The second kappa shape index (κ2) is 10.3. The molecule has 7 heteroatoms. The quantitative estimate of drug-likeness (QED) is 0.730. The summed E-state index contributed by atoms with van der Waals surface area (Å²) in [4.78, 5) is 11.8. The molecule has 124 valence electrons. The van der Waals surface area contributed by atoms with Crippen LogP contribution in [0.15, 0.2) is 24.3 Å². The molecule has 2 rings (SSSR count). The highest BCUT2D eigenvalue weighted by Gasteiger charge is 2.20. The van der Waals surface area contributed by atoms with Crippen LogP contribution in [0.1, 0.15) is 6.42 Å². The number of hydrogen-bond acceptors (Lipinski definition) is 5. The first-order valence-corrected chi connectivity index (χ1v) is 7.16. The minimum atomic E-state index is -0.377. The van der Waals surface area contributed by atoms with E-state index >= 15 is 0 Å². The molecule has 1 heterocycles.